The van der Waals surface area contributed by atoms with Crippen molar-refractivity contribution in [2.24, 2.45) is 5.92 Å². The van der Waals surface area contributed by atoms with Crippen LogP contribution in [-0.2, 0) is 12.5 Å². The third-order valence-electron chi connectivity index (χ3n) is 9.34. The van der Waals surface area contributed by atoms with Crippen molar-refractivity contribution in [1.82, 2.24) is 0 Å². The summed E-state index contributed by atoms with van der Waals surface area (Å²) >= 11 is 0. The van der Waals surface area contributed by atoms with Crippen molar-refractivity contribution in [2.45, 2.75) is 83.2 Å². The minimum Gasteiger partial charge on any atom is -0.429 e. The van der Waals surface area contributed by atoms with E-state index in [2.05, 4.69) is 11.7 Å². The van der Waals surface area contributed by atoms with Crippen molar-refractivity contribution in [1.29, 1.82) is 0 Å². The van der Waals surface area contributed by atoms with Crippen molar-refractivity contribution in [3.63, 3.8) is 0 Å². The molecule has 0 bridgehead atoms. The summed E-state index contributed by atoms with van der Waals surface area (Å²) in [5.41, 5.74) is 0.111. The zero-order chi connectivity index (χ0) is 36.0. The molecule has 0 heterocycles. The summed E-state index contributed by atoms with van der Waals surface area (Å²) in [6.45, 7) is 2.22. The maximum absolute atomic E-state index is 15.0. The number of ether oxygens (including phenoxy) is 1. The number of benzene rings is 4. The topological polar surface area (TPSA) is 9.23 Å². The van der Waals surface area contributed by atoms with Crippen LogP contribution in [-0.4, -0.2) is 0 Å². The first-order valence-corrected chi connectivity index (χ1v) is 16.8. The highest BCUT2D eigenvalue weighted by molar-refractivity contribution is 5.67. The van der Waals surface area contributed by atoms with Crippen LogP contribution in [0.25, 0.3) is 17.2 Å². The molecule has 0 amide bonds. The summed E-state index contributed by atoms with van der Waals surface area (Å²) in [7, 11) is 0. The molecule has 0 unspecified atom stereocenters. The predicted molar refractivity (Wildman–Crippen MR) is 175 cm³/mol. The number of aryl methyl sites for hydroxylation is 1. The second-order valence-corrected chi connectivity index (χ2v) is 12.9. The molecular formula is C40H37F9O. The molecule has 50 heavy (non-hydrogen) atoms. The van der Waals surface area contributed by atoms with Crippen molar-refractivity contribution >= 4 is 6.08 Å². The van der Waals surface area contributed by atoms with Gasteiger partial charge >= 0.3 is 6.11 Å². The van der Waals surface area contributed by atoms with Crippen molar-refractivity contribution in [3.8, 4) is 16.9 Å². The molecule has 1 nitrogen and oxygen atoms in total. The molecule has 0 radical (unpaired) electrons. The van der Waals surface area contributed by atoms with Gasteiger partial charge < -0.3 is 4.74 Å². The molecule has 4 aromatic carbocycles. The van der Waals surface area contributed by atoms with Crippen molar-refractivity contribution < 1.29 is 44.3 Å². The van der Waals surface area contributed by atoms with Gasteiger partial charge in [0.15, 0.2) is 17.5 Å². The molecule has 1 fully saturated rings. The number of unbranched alkanes of at least 4 members (excludes halogenated alkanes) is 2. The molecule has 0 saturated heterocycles. The molecule has 0 atom stereocenters. The molecular weight excluding hydrogens is 667 g/mol. The molecule has 1 aliphatic carbocycles. The van der Waals surface area contributed by atoms with E-state index in [1.54, 1.807) is 0 Å². The Labute approximate surface area is 285 Å². The molecule has 1 aliphatic rings. The van der Waals surface area contributed by atoms with Gasteiger partial charge in [-0.15, -0.1) is 0 Å². The van der Waals surface area contributed by atoms with E-state index < -0.39 is 58.1 Å². The van der Waals surface area contributed by atoms with Crippen LogP contribution in [0.2, 0.25) is 0 Å². The summed E-state index contributed by atoms with van der Waals surface area (Å²) in [5, 5.41) is 0. The van der Waals surface area contributed by atoms with Crippen LogP contribution in [0.3, 0.4) is 0 Å². The smallest absolute Gasteiger partial charge is 0.429 e. The minimum absolute atomic E-state index is 0.0437. The number of hydrogen-bond acceptors (Lipinski definition) is 1. The molecule has 0 spiro atoms. The van der Waals surface area contributed by atoms with Gasteiger partial charge in [0, 0.05) is 17.7 Å². The van der Waals surface area contributed by atoms with Crippen LogP contribution in [0.1, 0.15) is 92.9 Å². The van der Waals surface area contributed by atoms with Gasteiger partial charge in [-0.05, 0) is 96.9 Å². The quantitative estimate of drug-likeness (QED) is 0.0765. The van der Waals surface area contributed by atoms with Gasteiger partial charge in [0.1, 0.15) is 34.6 Å². The summed E-state index contributed by atoms with van der Waals surface area (Å²) in [6, 6.07) is 11.7. The fourth-order valence-electron chi connectivity index (χ4n) is 6.61. The lowest BCUT2D eigenvalue weighted by Gasteiger charge is -2.29. The molecule has 5 rings (SSSR count). The van der Waals surface area contributed by atoms with E-state index >= 15 is 8.78 Å². The lowest BCUT2D eigenvalue weighted by Crippen LogP contribution is -2.25. The van der Waals surface area contributed by atoms with E-state index in [4.69, 9.17) is 0 Å². The number of alkyl halides is 2. The Balaban J connectivity index is 1.18. The zero-order valence-corrected chi connectivity index (χ0v) is 27.5. The highest BCUT2D eigenvalue weighted by atomic mass is 19.3. The van der Waals surface area contributed by atoms with Gasteiger partial charge in [0.2, 0.25) is 0 Å². The van der Waals surface area contributed by atoms with Gasteiger partial charge in [-0.25, -0.2) is 30.7 Å². The van der Waals surface area contributed by atoms with E-state index in [-0.39, 0.29) is 36.1 Å². The number of allylic oxidation sites excluding steroid dienone is 1. The lowest BCUT2D eigenvalue weighted by molar-refractivity contribution is -0.189. The summed E-state index contributed by atoms with van der Waals surface area (Å²) in [4.78, 5) is 0. The highest BCUT2D eigenvalue weighted by Gasteiger charge is 2.41. The third kappa shape index (κ3) is 8.92. The Morgan fingerprint density at radius 1 is 0.700 bits per heavy atom. The average Bonchev–Trinajstić information content (AvgIpc) is 3.06. The Kier molecular flexibility index (Phi) is 12.0. The molecule has 1 saturated carbocycles. The van der Waals surface area contributed by atoms with Gasteiger partial charge in [-0.1, -0.05) is 69.0 Å². The molecule has 0 N–H and O–H groups in total. The summed E-state index contributed by atoms with van der Waals surface area (Å²) < 4.78 is 133. The van der Waals surface area contributed by atoms with Gasteiger partial charge in [-0.2, -0.15) is 8.78 Å². The van der Waals surface area contributed by atoms with Crippen molar-refractivity contribution in [2.75, 3.05) is 0 Å². The molecule has 266 valence electrons. The van der Waals surface area contributed by atoms with Crippen LogP contribution >= 0.6 is 0 Å². The van der Waals surface area contributed by atoms with Crippen LogP contribution in [0.5, 0.6) is 5.75 Å². The van der Waals surface area contributed by atoms with Crippen LogP contribution in [0.15, 0.2) is 66.7 Å². The predicted octanol–water partition coefficient (Wildman–Crippen LogP) is 13.0. The first-order chi connectivity index (χ1) is 23.9. The van der Waals surface area contributed by atoms with E-state index in [1.165, 1.54) is 68.4 Å². The Hall–Kier alpha value is -4.21. The maximum Gasteiger partial charge on any atom is 0.432 e. The van der Waals surface area contributed by atoms with Crippen LogP contribution in [0, 0.1) is 46.6 Å². The number of rotatable bonds is 13. The second kappa shape index (κ2) is 16.2. The SMILES string of the molecule is CCCCCC1CCC(c2ccc(-c3cc(F)c(C=CCCc4cc(F)c(C(F)(F)Oc5cc(F)c(F)c(F)c5)c(F)c4)c(F)c3)cc2)CC1. The largest absolute Gasteiger partial charge is 0.432 e. The first-order valence-electron chi connectivity index (χ1n) is 16.8. The highest BCUT2D eigenvalue weighted by Crippen LogP contribution is 2.39. The minimum atomic E-state index is -4.71. The van der Waals surface area contributed by atoms with E-state index in [0.717, 1.165) is 18.8 Å². The van der Waals surface area contributed by atoms with Crippen molar-refractivity contribution in [3.05, 3.63) is 130 Å². The number of halogens is 9. The van der Waals surface area contributed by atoms with E-state index in [0.29, 0.717) is 29.2 Å². The third-order valence-corrected chi connectivity index (χ3v) is 9.34. The summed E-state index contributed by atoms with van der Waals surface area (Å²) in [5.74, 6) is -10.5. The van der Waals surface area contributed by atoms with E-state index in [1.807, 2.05) is 24.3 Å². The van der Waals surface area contributed by atoms with Gasteiger partial charge in [-0.3, -0.25) is 0 Å². The maximum atomic E-state index is 15.0. The Bertz CT molecular complexity index is 1740. The van der Waals surface area contributed by atoms with Gasteiger partial charge in [0.25, 0.3) is 0 Å². The Morgan fingerprint density at radius 3 is 1.88 bits per heavy atom. The van der Waals surface area contributed by atoms with Crippen LogP contribution < -0.4 is 4.74 Å². The first kappa shape index (κ1) is 37.1. The monoisotopic (exact) mass is 704 g/mol. The van der Waals surface area contributed by atoms with Crippen LogP contribution in [0.4, 0.5) is 39.5 Å². The Morgan fingerprint density at radius 2 is 1.30 bits per heavy atom. The van der Waals surface area contributed by atoms with E-state index in [9.17, 15) is 30.7 Å². The second-order valence-electron chi connectivity index (χ2n) is 12.9. The average molecular weight is 705 g/mol. The summed E-state index contributed by atoms with van der Waals surface area (Å²) in [6.07, 6.45) is 7.68. The fourth-order valence-corrected chi connectivity index (χ4v) is 6.61. The lowest BCUT2D eigenvalue weighted by atomic mass is 9.77. The standard InChI is InChI=1S/C40H37F9O/c1-2-3-4-7-24-10-12-26(13-11-24)27-14-16-28(17-15-27)29-20-32(41)31(33(42)21-29)9-6-5-8-25-18-34(43)38(35(44)19-25)40(48,49)50-30-22-36(45)39(47)37(46)23-30/h6,9,14-24,26H,2-5,7-8,10-13H2,1H3. The normalized spacial score (nSPS) is 16.7. The molecule has 10 heteroatoms. The van der Waals surface area contributed by atoms with Gasteiger partial charge in [0.05, 0.1) is 0 Å². The molecule has 0 aliphatic heterocycles. The molecule has 0 aromatic heterocycles. The zero-order valence-electron chi connectivity index (χ0n) is 27.5. The molecule has 4 aromatic rings. The number of hydrogen-bond donors (Lipinski definition) is 0. The fraction of sp³-hybridized carbons (Fsp3) is 0.350.